The summed E-state index contributed by atoms with van der Waals surface area (Å²) in [5.74, 6) is 0.373. The first kappa shape index (κ1) is 13.8. The highest BCUT2D eigenvalue weighted by atomic mass is 35.5. The molecular weight excluding hydrogens is 284 g/mol. The fourth-order valence-corrected chi connectivity index (χ4v) is 2.42. The molecule has 0 unspecified atom stereocenters. The lowest BCUT2D eigenvalue weighted by Gasteiger charge is -2.07. The molecule has 0 saturated carbocycles. The molecule has 0 aliphatic rings. The highest BCUT2D eigenvalue weighted by Gasteiger charge is 2.12. The lowest BCUT2D eigenvalue weighted by atomic mass is 10.2. The second kappa shape index (κ2) is 5.99. The number of pyridine rings is 1. The molecule has 0 fully saturated rings. The van der Waals surface area contributed by atoms with Crippen molar-refractivity contribution < 1.29 is 4.79 Å². The highest BCUT2D eigenvalue weighted by Crippen LogP contribution is 2.18. The summed E-state index contributed by atoms with van der Waals surface area (Å²) in [5, 5.41) is 6.99. The van der Waals surface area contributed by atoms with Crippen molar-refractivity contribution in [3.63, 3.8) is 0 Å². The Morgan fingerprint density at radius 1 is 1.42 bits per heavy atom. The summed E-state index contributed by atoms with van der Waals surface area (Å²) < 4.78 is 0. The van der Waals surface area contributed by atoms with E-state index >= 15 is 0 Å². The maximum atomic E-state index is 12.0. The van der Waals surface area contributed by atoms with Gasteiger partial charge < -0.3 is 10.6 Å². The molecule has 0 bridgehead atoms. The van der Waals surface area contributed by atoms with Gasteiger partial charge in [0.15, 0.2) is 0 Å². The van der Waals surface area contributed by atoms with Crippen LogP contribution in [-0.2, 0) is 6.54 Å². The van der Waals surface area contributed by atoms with E-state index in [0.29, 0.717) is 22.9 Å². The van der Waals surface area contributed by atoms with Crippen molar-refractivity contribution in [3.8, 4) is 0 Å². The Hall–Kier alpha value is -1.66. The van der Waals surface area contributed by atoms with Crippen LogP contribution in [0.15, 0.2) is 18.5 Å². The first-order chi connectivity index (χ1) is 9.10. The maximum absolute atomic E-state index is 12.0. The van der Waals surface area contributed by atoms with E-state index in [-0.39, 0.29) is 5.91 Å². The van der Waals surface area contributed by atoms with Crippen LogP contribution in [-0.4, -0.2) is 22.9 Å². The second-order valence-electron chi connectivity index (χ2n) is 3.83. The fraction of sp³-hybridized carbons (Fsp3) is 0.250. The normalized spacial score (nSPS) is 10.3. The van der Waals surface area contributed by atoms with Gasteiger partial charge in [-0.25, -0.2) is 9.97 Å². The molecule has 0 saturated heterocycles. The van der Waals surface area contributed by atoms with Crippen molar-refractivity contribution in [3.05, 3.63) is 38.9 Å². The lowest BCUT2D eigenvalue weighted by molar-refractivity contribution is 0.0951. The van der Waals surface area contributed by atoms with E-state index in [0.717, 1.165) is 9.88 Å². The minimum absolute atomic E-state index is 0.227. The van der Waals surface area contributed by atoms with Gasteiger partial charge in [-0.15, -0.1) is 11.3 Å². The Morgan fingerprint density at radius 3 is 2.84 bits per heavy atom. The van der Waals surface area contributed by atoms with E-state index < -0.39 is 0 Å². The van der Waals surface area contributed by atoms with E-state index in [4.69, 9.17) is 11.6 Å². The molecule has 2 aromatic rings. The van der Waals surface area contributed by atoms with Crippen LogP contribution in [0.25, 0.3) is 0 Å². The van der Waals surface area contributed by atoms with E-state index in [1.54, 1.807) is 30.6 Å². The van der Waals surface area contributed by atoms with Crippen LogP contribution in [0, 0.1) is 6.92 Å². The third kappa shape index (κ3) is 3.42. The van der Waals surface area contributed by atoms with Crippen molar-refractivity contribution in [2.45, 2.75) is 13.5 Å². The number of carbonyl (C=O) groups excluding carboxylic acids is 1. The summed E-state index contributed by atoms with van der Waals surface area (Å²) in [6.45, 7) is 2.37. The number of nitrogens with zero attached hydrogens (tertiary/aromatic N) is 2. The van der Waals surface area contributed by atoms with E-state index in [1.807, 2.05) is 6.92 Å². The molecule has 2 heterocycles. The van der Waals surface area contributed by atoms with Crippen LogP contribution in [0.5, 0.6) is 0 Å². The molecule has 2 N–H and O–H groups in total. The molecule has 2 rings (SSSR count). The van der Waals surface area contributed by atoms with Crippen molar-refractivity contribution in [2.24, 2.45) is 0 Å². The van der Waals surface area contributed by atoms with Gasteiger partial charge in [0.05, 0.1) is 22.1 Å². The zero-order valence-electron chi connectivity index (χ0n) is 10.5. The standard InChI is InChI=1S/C12H13ClN4OS/c1-7-15-4-8(19-7)5-17-12(18)9-3-11(14-2)16-6-10(9)13/h3-4,6H,5H2,1-2H3,(H,14,16)(H,17,18). The fourth-order valence-electron chi connectivity index (χ4n) is 1.50. The molecule has 0 aromatic carbocycles. The van der Waals surface area contributed by atoms with Crippen LogP contribution in [0.1, 0.15) is 20.2 Å². The van der Waals surface area contributed by atoms with Crippen LogP contribution < -0.4 is 10.6 Å². The molecule has 5 nitrogen and oxygen atoms in total. The first-order valence-corrected chi connectivity index (χ1v) is 6.82. The number of carbonyl (C=O) groups is 1. The Balaban J connectivity index is 2.07. The van der Waals surface area contributed by atoms with Gasteiger partial charge in [-0.2, -0.15) is 0 Å². The topological polar surface area (TPSA) is 66.9 Å². The number of hydrogen-bond donors (Lipinski definition) is 2. The smallest absolute Gasteiger partial charge is 0.253 e. The van der Waals surface area contributed by atoms with Gasteiger partial charge in [0, 0.05) is 24.3 Å². The van der Waals surface area contributed by atoms with E-state index in [1.165, 1.54) is 6.20 Å². The number of rotatable bonds is 4. The van der Waals surface area contributed by atoms with Crippen molar-refractivity contribution in [2.75, 3.05) is 12.4 Å². The van der Waals surface area contributed by atoms with Gasteiger partial charge in [-0.1, -0.05) is 11.6 Å². The molecule has 0 aliphatic carbocycles. The van der Waals surface area contributed by atoms with Gasteiger partial charge in [0.2, 0.25) is 0 Å². The minimum atomic E-state index is -0.227. The first-order valence-electron chi connectivity index (χ1n) is 5.63. The van der Waals surface area contributed by atoms with Crippen LogP contribution >= 0.6 is 22.9 Å². The molecule has 0 atom stereocenters. The number of amides is 1. The predicted molar refractivity (Wildman–Crippen MR) is 76.8 cm³/mol. The van der Waals surface area contributed by atoms with Crippen LogP contribution in [0.4, 0.5) is 5.82 Å². The monoisotopic (exact) mass is 296 g/mol. The number of aromatic nitrogens is 2. The van der Waals surface area contributed by atoms with Gasteiger partial charge >= 0.3 is 0 Å². The zero-order valence-corrected chi connectivity index (χ0v) is 12.1. The average Bonchev–Trinajstić information content (AvgIpc) is 2.82. The number of anilines is 1. The van der Waals surface area contributed by atoms with Gasteiger partial charge in [-0.05, 0) is 13.0 Å². The number of hydrogen-bond acceptors (Lipinski definition) is 5. The number of nitrogens with one attached hydrogen (secondary N) is 2. The summed E-state index contributed by atoms with van der Waals surface area (Å²) in [5.41, 5.74) is 0.405. The number of halogens is 1. The quantitative estimate of drug-likeness (QED) is 0.909. The third-order valence-electron chi connectivity index (χ3n) is 2.45. The molecule has 0 aliphatic heterocycles. The van der Waals surface area contributed by atoms with Crippen LogP contribution in [0.3, 0.4) is 0 Å². The summed E-state index contributed by atoms with van der Waals surface area (Å²) in [4.78, 5) is 21.2. The molecule has 7 heteroatoms. The largest absolute Gasteiger partial charge is 0.373 e. The zero-order chi connectivity index (χ0) is 13.8. The summed E-state index contributed by atoms with van der Waals surface area (Å²) in [6, 6.07) is 1.62. The summed E-state index contributed by atoms with van der Waals surface area (Å²) in [7, 11) is 1.73. The molecule has 0 radical (unpaired) electrons. The molecule has 1 amide bonds. The van der Waals surface area contributed by atoms with E-state index in [2.05, 4.69) is 20.6 Å². The van der Waals surface area contributed by atoms with Crippen LogP contribution in [0.2, 0.25) is 5.02 Å². The highest BCUT2D eigenvalue weighted by molar-refractivity contribution is 7.11. The Bertz CT molecular complexity index is 599. The predicted octanol–water partition coefficient (Wildman–Crippen LogP) is 2.47. The van der Waals surface area contributed by atoms with Gasteiger partial charge in [0.25, 0.3) is 5.91 Å². The van der Waals surface area contributed by atoms with Crippen molar-refractivity contribution in [1.82, 2.24) is 15.3 Å². The van der Waals surface area contributed by atoms with E-state index in [9.17, 15) is 4.79 Å². The van der Waals surface area contributed by atoms with Crippen molar-refractivity contribution in [1.29, 1.82) is 0 Å². The molecule has 0 spiro atoms. The maximum Gasteiger partial charge on any atom is 0.253 e. The minimum Gasteiger partial charge on any atom is -0.373 e. The van der Waals surface area contributed by atoms with Gasteiger partial charge in [-0.3, -0.25) is 4.79 Å². The summed E-state index contributed by atoms with van der Waals surface area (Å²) >= 11 is 7.53. The Labute approximate surface area is 120 Å². The SMILES string of the molecule is CNc1cc(C(=O)NCc2cnc(C)s2)c(Cl)cn1. The van der Waals surface area contributed by atoms with Crippen molar-refractivity contribution >= 4 is 34.7 Å². The lowest BCUT2D eigenvalue weighted by Crippen LogP contribution is -2.23. The Morgan fingerprint density at radius 2 is 2.21 bits per heavy atom. The Kier molecular flexibility index (Phi) is 4.34. The molecule has 100 valence electrons. The number of aryl methyl sites for hydroxylation is 1. The second-order valence-corrected chi connectivity index (χ2v) is 5.55. The van der Waals surface area contributed by atoms with Gasteiger partial charge in [0.1, 0.15) is 5.82 Å². The molecular formula is C12H13ClN4OS. The molecule has 2 aromatic heterocycles. The molecule has 19 heavy (non-hydrogen) atoms. The third-order valence-corrected chi connectivity index (χ3v) is 3.66. The number of thiazole rings is 1. The summed E-state index contributed by atoms with van der Waals surface area (Å²) in [6.07, 6.45) is 3.21. The average molecular weight is 297 g/mol.